The Morgan fingerprint density at radius 1 is 1.24 bits per heavy atom. The molecule has 0 atom stereocenters. The molecule has 0 aliphatic heterocycles. The molecule has 0 saturated heterocycles. The zero-order valence-corrected chi connectivity index (χ0v) is 11.5. The lowest BCUT2D eigenvalue weighted by Crippen LogP contribution is -2.46. The topological polar surface area (TPSA) is 62.3 Å². The molecule has 120 valence electrons. The standard InChI is InChI=1S/C8H6ClF6N3O2S/c1-18(17-21(19,20)8(13,14)15)6-5(9)2-4(3-16-6)7(10,11)12/h2-3,17H,1H3. The maximum absolute atomic E-state index is 12.4. The van der Waals surface area contributed by atoms with E-state index in [2.05, 4.69) is 4.98 Å². The fraction of sp³-hybridized carbons (Fsp3) is 0.375. The van der Waals surface area contributed by atoms with Gasteiger partial charge in [-0.2, -0.15) is 26.3 Å². The number of aromatic nitrogens is 1. The van der Waals surface area contributed by atoms with Gasteiger partial charge in [-0.3, -0.25) is 5.01 Å². The van der Waals surface area contributed by atoms with Crippen LogP contribution in [-0.2, 0) is 16.2 Å². The Morgan fingerprint density at radius 2 is 1.76 bits per heavy atom. The van der Waals surface area contributed by atoms with Crippen molar-refractivity contribution in [3.63, 3.8) is 0 Å². The molecule has 0 amide bonds. The van der Waals surface area contributed by atoms with Crippen molar-refractivity contribution >= 4 is 27.4 Å². The molecule has 0 fully saturated rings. The highest BCUT2D eigenvalue weighted by molar-refractivity contribution is 7.90. The Morgan fingerprint density at radius 3 is 2.14 bits per heavy atom. The number of alkyl halides is 6. The fourth-order valence-electron chi connectivity index (χ4n) is 1.11. The molecule has 0 aromatic carbocycles. The summed E-state index contributed by atoms with van der Waals surface area (Å²) < 4.78 is 95.2. The predicted octanol–water partition coefficient (Wildman–Crippen LogP) is 2.54. The Balaban J connectivity index is 3.08. The van der Waals surface area contributed by atoms with Gasteiger partial charge in [0.1, 0.15) is 0 Å². The summed E-state index contributed by atoms with van der Waals surface area (Å²) in [5.41, 5.74) is -6.83. The first-order chi connectivity index (χ1) is 9.25. The Hall–Kier alpha value is -1.27. The van der Waals surface area contributed by atoms with Crippen molar-refractivity contribution in [2.24, 2.45) is 0 Å². The number of nitrogens with zero attached hydrogens (tertiary/aromatic N) is 2. The SMILES string of the molecule is CN(NS(=O)(=O)C(F)(F)F)c1ncc(C(F)(F)F)cc1Cl. The van der Waals surface area contributed by atoms with E-state index in [0.717, 1.165) is 11.9 Å². The van der Waals surface area contributed by atoms with Crippen LogP contribution in [0.1, 0.15) is 5.56 Å². The van der Waals surface area contributed by atoms with Crippen LogP contribution in [0, 0.1) is 0 Å². The molecular weight excluding hydrogens is 352 g/mol. The van der Waals surface area contributed by atoms with Crippen LogP contribution in [0.4, 0.5) is 32.2 Å². The van der Waals surface area contributed by atoms with Crippen LogP contribution in [0.3, 0.4) is 0 Å². The largest absolute Gasteiger partial charge is 0.513 e. The molecule has 1 N–H and O–H groups in total. The average Bonchev–Trinajstić information content (AvgIpc) is 2.24. The first-order valence-electron chi connectivity index (χ1n) is 4.81. The van der Waals surface area contributed by atoms with Crippen molar-refractivity contribution < 1.29 is 34.8 Å². The molecule has 1 rings (SSSR count). The minimum absolute atomic E-state index is 0.241. The molecule has 0 radical (unpaired) electrons. The second kappa shape index (κ2) is 5.50. The lowest BCUT2D eigenvalue weighted by molar-refractivity contribution is -0.137. The zero-order valence-electron chi connectivity index (χ0n) is 9.92. The van der Waals surface area contributed by atoms with Crippen LogP contribution < -0.4 is 9.84 Å². The Kier molecular flexibility index (Phi) is 4.65. The van der Waals surface area contributed by atoms with Crippen molar-refractivity contribution in [3.05, 3.63) is 22.8 Å². The van der Waals surface area contributed by atoms with E-state index < -0.39 is 38.1 Å². The third kappa shape index (κ3) is 4.11. The number of hydrogen-bond donors (Lipinski definition) is 1. The summed E-state index contributed by atoms with van der Waals surface area (Å²) in [5.74, 6) is -0.627. The van der Waals surface area contributed by atoms with E-state index in [0.29, 0.717) is 12.3 Å². The van der Waals surface area contributed by atoms with Crippen molar-refractivity contribution in [3.8, 4) is 0 Å². The molecule has 0 aliphatic carbocycles. The highest BCUT2D eigenvalue weighted by Crippen LogP contribution is 2.33. The third-order valence-electron chi connectivity index (χ3n) is 2.03. The van der Waals surface area contributed by atoms with Gasteiger partial charge in [-0.05, 0) is 6.07 Å². The van der Waals surface area contributed by atoms with Gasteiger partial charge in [0.25, 0.3) is 0 Å². The summed E-state index contributed by atoms with van der Waals surface area (Å²) in [4.78, 5) is 4.25. The maximum atomic E-state index is 12.4. The summed E-state index contributed by atoms with van der Waals surface area (Å²) in [6, 6.07) is 0.405. The number of halogens is 7. The second-order valence-electron chi connectivity index (χ2n) is 3.63. The molecule has 0 saturated carbocycles. The smallest absolute Gasteiger partial charge is 0.280 e. The van der Waals surface area contributed by atoms with Crippen molar-refractivity contribution in [1.82, 2.24) is 9.82 Å². The van der Waals surface area contributed by atoms with Crippen LogP contribution in [0.2, 0.25) is 5.02 Å². The van der Waals surface area contributed by atoms with Crippen LogP contribution in [0.25, 0.3) is 0 Å². The van der Waals surface area contributed by atoms with Gasteiger partial charge < -0.3 is 0 Å². The number of nitrogens with one attached hydrogen (secondary N) is 1. The first kappa shape index (κ1) is 17.8. The van der Waals surface area contributed by atoms with Gasteiger partial charge in [-0.1, -0.05) is 11.6 Å². The van der Waals surface area contributed by atoms with Crippen LogP contribution in [-0.4, -0.2) is 26.0 Å². The molecular formula is C8H6ClF6N3O2S. The van der Waals surface area contributed by atoms with Gasteiger partial charge in [0.2, 0.25) is 0 Å². The molecule has 0 spiro atoms. The molecule has 0 aliphatic rings. The van der Waals surface area contributed by atoms with Crippen molar-refractivity contribution in [1.29, 1.82) is 0 Å². The van der Waals surface area contributed by atoms with E-state index in [1.807, 2.05) is 0 Å². The highest BCUT2D eigenvalue weighted by Gasteiger charge is 2.47. The molecule has 13 heteroatoms. The van der Waals surface area contributed by atoms with Gasteiger partial charge in [0.05, 0.1) is 10.6 Å². The number of sulfonamides is 1. The summed E-state index contributed by atoms with van der Waals surface area (Å²) in [7, 11) is -4.95. The Bertz CT molecular complexity index is 630. The van der Waals surface area contributed by atoms with Gasteiger partial charge in [0, 0.05) is 13.2 Å². The summed E-state index contributed by atoms with van der Waals surface area (Å²) >= 11 is 5.45. The number of rotatable bonds is 3. The van der Waals surface area contributed by atoms with E-state index in [-0.39, 0.29) is 5.01 Å². The molecule has 1 heterocycles. The van der Waals surface area contributed by atoms with Gasteiger partial charge in [0.15, 0.2) is 5.82 Å². The Labute approximate surface area is 119 Å². The third-order valence-corrected chi connectivity index (χ3v) is 3.43. The first-order valence-corrected chi connectivity index (χ1v) is 6.67. The second-order valence-corrected chi connectivity index (χ2v) is 5.69. The lowest BCUT2D eigenvalue weighted by atomic mass is 10.3. The number of anilines is 1. The highest BCUT2D eigenvalue weighted by atomic mass is 35.5. The summed E-state index contributed by atoms with van der Waals surface area (Å²) in [6.07, 6.45) is -4.45. The molecule has 0 bridgehead atoms. The summed E-state index contributed by atoms with van der Waals surface area (Å²) in [6.45, 7) is 0. The van der Waals surface area contributed by atoms with Crippen LogP contribution >= 0.6 is 11.6 Å². The molecule has 1 aromatic heterocycles. The van der Waals surface area contributed by atoms with Crippen molar-refractivity contribution in [2.75, 3.05) is 12.1 Å². The molecule has 21 heavy (non-hydrogen) atoms. The molecule has 0 unspecified atom stereocenters. The van der Waals surface area contributed by atoms with Gasteiger partial charge in [-0.15, -0.1) is 4.83 Å². The monoisotopic (exact) mass is 357 g/mol. The number of hydrogen-bond acceptors (Lipinski definition) is 4. The van der Waals surface area contributed by atoms with E-state index in [4.69, 9.17) is 11.6 Å². The molecule has 5 nitrogen and oxygen atoms in total. The van der Waals surface area contributed by atoms with Crippen LogP contribution in [0.5, 0.6) is 0 Å². The predicted molar refractivity (Wildman–Crippen MR) is 60.8 cm³/mol. The quantitative estimate of drug-likeness (QED) is 0.667. The number of hydrazine groups is 1. The van der Waals surface area contributed by atoms with E-state index in [1.165, 1.54) is 0 Å². The van der Waals surface area contributed by atoms with E-state index in [1.54, 1.807) is 0 Å². The summed E-state index contributed by atoms with van der Waals surface area (Å²) in [5, 5.41) is -0.442. The fourth-order valence-corrected chi connectivity index (χ4v) is 1.95. The number of pyridine rings is 1. The van der Waals surface area contributed by atoms with Crippen LogP contribution in [0.15, 0.2) is 12.3 Å². The van der Waals surface area contributed by atoms with E-state index >= 15 is 0 Å². The lowest BCUT2D eigenvalue weighted by Gasteiger charge is -2.21. The molecule has 1 aromatic rings. The van der Waals surface area contributed by atoms with Crippen molar-refractivity contribution in [2.45, 2.75) is 11.7 Å². The average molecular weight is 358 g/mol. The van der Waals surface area contributed by atoms with Gasteiger partial charge in [-0.25, -0.2) is 13.4 Å². The normalized spacial score (nSPS) is 13.3. The van der Waals surface area contributed by atoms with Gasteiger partial charge >= 0.3 is 21.7 Å². The maximum Gasteiger partial charge on any atom is 0.513 e. The zero-order chi connectivity index (χ0) is 16.6. The minimum Gasteiger partial charge on any atom is -0.280 e. The minimum atomic E-state index is -5.75. The van der Waals surface area contributed by atoms with E-state index in [9.17, 15) is 34.8 Å².